The lowest BCUT2D eigenvalue weighted by molar-refractivity contribution is 0.525. The van der Waals surface area contributed by atoms with Crippen LogP contribution in [0.4, 0.5) is 0 Å². The van der Waals surface area contributed by atoms with E-state index >= 15 is 0 Å². The van der Waals surface area contributed by atoms with Gasteiger partial charge in [0, 0.05) is 22.3 Å². The molecule has 94 valence electrons. The van der Waals surface area contributed by atoms with Crippen molar-refractivity contribution in [1.82, 2.24) is 5.32 Å². The molecule has 1 fully saturated rings. The van der Waals surface area contributed by atoms with Gasteiger partial charge >= 0.3 is 0 Å². The topological polar surface area (TPSA) is 12.0 Å². The first-order chi connectivity index (χ1) is 8.28. The van der Waals surface area contributed by atoms with Gasteiger partial charge in [0.25, 0.3) is 0 Å². The van der Waals surface area contributed by atoms with Crippen LogP contribution in [0.1, 0.15) is 31.7 Å². The second-order valence-electron chi connectivity index (χ2n) is 4.59. The summed E-state index contributed by atoms with van der Waals surface area (Å²) in [6.07, 6.45) is 4.07. The first-order valence-electron chi connectivity index (χ1n) is 6.37. The molecule has 0 aromatic heterocycles. The highest BCUT2D eigenvalue weighted by molar-refractivity contribution is 9.10. The van der Waals surface area contributed by atoms with Crippen LogP contribution in [0, 0.1) is 0 Å². The average molecular weight is 314 g/mol. The van der Waals surface area contributed by atoms with Gasteiger partial charge in [0.2, 0.25) is 0 Å². The van der Waals surface area contributed by atoms with Gasteiger partial charge in [-0.25, -0.2) is 0 Å². The lowest BCUT2D eigenvalue weighted by Crippen LogP contribution is -2.26. The maximum atomic E-state index is 3.68. The molecule has 3 heteroatoms. The van der Waals surface area contributed by atoms with Crippen molar-refractivity contribution in [2.45, 2.75) is 44.0 Å². The molecule has 0 saturated heterocycles. The lowest BCUT2D eigenvalue weighted by Gasteiger charge is -2.13. The van der Waals surface area contributed by atoms with Crippen molar-refractivity contribution in [3.8, 4) is 0 Å². The van der Waals surface area contributed by atoms with Crippen molar-refractivity contribution in [2.24, 2.45) is 0 Å². The van der Waals surface area contributed by atoms with Gasteiger partial charge < -0.3 is 5.32 Å². The minimum Gasteiger partial charge on any atom is -0.310 e. The van der Waals surface area contributed by atoms with E-state index in [2.05, 4.69) is 64.2 Å². The van der Waals surface area contributed by atoms with Crippen LogP contribution in [0.5, 0.6) is 0 Å². The van der Waals surface area contributed by atoms with E-state index < -0.39 is 0 Å². The van der Waals surface area contributed by atoms with Crippen LogP contribution in [0.15, 0.2) is 28.7 Å². The molecular weight excluding hydrogens is 294 g/mol. The van der Waals surface area contributed by atoms with Crippen LogP contribution in [0.25, 0.3) is 0 Å². The Kier molecular flexibility index (Phi) is 5.39. The van der Waals surface area contributed by atoms with Gasteiger partial charge in [-0.3, -0.25) is 0 Å². The van der Waals surface area contributed by atoms with Gasteiger partial charge in [-0.05, 0) is 42.7 Å². The number of rotatable bonds is 5. The predicted octanol–water partition coefficient (Wildman–Crippen LogP) is 4.21. The summed E-state index contributed by atoms with van der Waals surface area (Å²) >= 11 is 5.58. The van der Waals surface area contributed by atoms with Crippen molar-refractivity contribution >= 4 is 27.7 Å². The Hall–Kier alpha value is 0.01000. The molecule has 1 saturated carbocycles. The highest BCUT2D eigenvalue weighted by Gasteiger charge is 2.23. The third-order valence-corrected chi connectivity index (χ3v) is 5.06. The Morgan fingerprint density at radius 1 is 1.29 bits per heavy atom. The number of halogens is 1. The fraction of sp³-hybridized carbons (Fsp3) is 0.571. The molecule has 0 heterocycles. The van der Waals surface area contributed by atoms with Gasteiger partial charge in [-0.2, -0.15) is 11.8 Å². The van der Waals surface area contributed by atoms with E-state index in [1.54, 1.807) is 0 Å². The van der Waals surface area contributed by atoms with Crippen LogP contribution < -0.4 is 5.32 Å². The van der Waals surface area contributed by atoms with Gasteiger partial charge in [0.1, 0.15) is 0 Å². The highest BCUT2D eigenvalue weighted by atomic mass is 79.9. The molecule has 0 spiro atoms. The number of hydrogen-bond donors (Lipinski definition) is 1. The lowest BCUT2D eigenvalue weighted by atomic mass is 10.2. The van der Waals surface area contributed by atoms with Crippen molar-refractivity contribution in [3.63, 3.8) is 0 Å². The van der Waals surface area contributed by atoms with E-state index in [0.717, 1.165) is 22.3 Å². The van der Waals surface area contributed by atoms with E-state index in [9.17, 15) is 0 Å². The fourth-order valence-corrected chi connectivity index (χ4v) is 3.78. The van der Waals surface area contributed by atoms with Crippen molar-refractivity contribution in [2.75, 3.05) is 5.75 Å². The molecule has 0 bridgehead atoms. The second-order valence-corrected chi connectivity index (χ2v) is 7.09. The minimum absolute atomic E-state index is 0.725. The molecule has 1 N–H and O–H groups in total. The van der Waals surface area contributed by atoms with E-state index in [1.165, 1.54) is 30.6 Å². The van der Waals surface area contributed by atoms with Crippen LogP contribution in [-0.2, 0) is 6.54 Å². The quantitative estimate of drug-likeness (QED) is 0.873. The summed E-state index contributed by atoms with van der Waals surface area (Å²) in [6.45, 7) is 3.26. The Bertz CT molecular complexity index is 339. The van der Waals surface area contributed by atoms with Crippen LogP contribution in [0.3, 0.4) is 0 Å². The molecule has 0 radical (unpaired) electrons. The zero-order valence-electron chi connectivity index (χ0n) is 10.3. The van der Waals surface area contributed by atoms with E-state index in [0.29, 0.717) is 0 Å². The predicted molar refractivity (Wildman–Crippen MR) is 80.5 cm³/mol. The number of nitrogens with one attached hydrogen (secondary N) is 1. The van der Waals surface area contributed by atoms with E-state index in [4.69, 9.17) is 0 Å². The Morgan fingerprint density at radius 2 is 2.06 bits per heavy atom. The smallest absolute Gasteiger partial charge is 0.0208 e. The molecule has 1 aliphatic carbocycles. The first-order valence-corrected chi connectivity index (χ1v) is 8.21. The standard InChI is InChI=1S/C14H20BrNS/c1-2-17-14-8-7-13(9-14)16-10-11-3-5-12(15)6-4-11/h3-6,13-14,16H,2,7-10H2,1H3. The first kappa shape index (κ1) is 13.4. The zero-order valence-corrected chi connectivity index (χ0v) is 12.7. The minimum atomic E-state index is 0.725. The van der Waals surface area contributed by atoms with Crippen LogP contribution >= 0.6 is 27.7 Å². The van der Waals surface area contributed by atoms with Gasteiger partial charge in [0.05, 0.1) is 0 Å². The second kappa shape index (κ2) is 6.81. The Morgan fingerprint density at radius 3 is 2.76 bits per heavy atom. The molecule has 1 aliphatic rings. The summed E-state index contributed by atoms with van der Waals surface area (Å²) in [5, 5.41) is 4.57. The maximum Gasteiger partial charge on any atom is 0.0208 e. The summed E-state index contributed by atoms with van der Waals surface area (Å²) in [7, 11) is 0. The van der Waals surface area contributed by atoms with Crippen molar-refractivity contribution < 1.29 is 0 Å². The molecule has 2 unspecified atom stereocenters. The highest BCUT2D eigenvalue weighted by Crippen LogP contribution is 2.29. The number of hydrogen-bond acceptors (Lipinski definition) is 2. The largest absolute Gasteiger partial charge is 0.310 e. The normalized spacial score (nSPS) is 24.1. The summed E-state index contributed by atoms with van der Waals surface area (Å²) in [4.78, 5) is 0. The van der Waals surface area contributed by atoms with Crippen molar-refractivity contribution in [1.29, 1.82) is 0 Å². The molecule has 1 nitrogen and oxygen atoms in total. The van der Waals surface area contributed by atoms with E-state index in [1.807, 2.05) is 0 Å². The Balaban J connectivity index is 1.74. The number of thioether (sulfide) groups is 1. The molecular formula is C14H20BrNS. The third kappa shape index (κ3) is 4.31. The summed E-state index contributed by atoms with van der Waals surface area (Å²) < 4.78 is 1.15. The van der Waals surface area contributed by atoms with Crippen LogP contribution in [0.2, 0.25) is 0 Å². The number of benzene rings is 1. The van der Waals surface area contributed by atoms with Crippen molar-refractivity contribution in [3.05, 3.63) is 34.3 Å². The molecule has 17 heavy (non-hydrogen) atoms. The molecule has 1 aromatic rings. The molecule has 1 aromatic carbocycles. The van der Waals surface area contributed by atoms with E-state index in [-0.39, 0.29) is 0 Å². The zero-order chi connectivity index (χ0) is 12.1. The monoisotopic (exact) mass is 313 g/mol. The van der Waals surface area contributed by atoms with Gasteiger partial charge in [-0.1, -0.05) is 35.0 Å². The van der Waals surface area contributed by atoms with Gasteiger partial charge in [-0.15, -0.1) is 0 Å². The third-order valence-electron chi connectivity index (χ3n) is 3.30. The van der Waals surface area contributed by atoms with Gasteiger partial charge in [0.15, 0.2) is 0 Å². The van der Waals surface area contributed by atoms with Crippen LogP contribution in [-0.4, -0.2) is 17.0 Å². The summed E-state index contributed by atoms with van der Waals surface area (Å²) in [6, 6.07) is 9.32. The SMILES string of the molecule is CCSC1CCC(NCc2ccc(Br)cc2)C1. The molecule has 0 aliphatic heterocycles. The summed E-state index contributed by atoms with van der Waals surface area (Å²) in [5.74, 6) is 1.25. The molecule has 2 rings (SSSR count). The fourth-order valence-electron chi connectivity index (χ4n) is 2.38. The maximum absolute atomic E-state index is 3.68. The average Bonchev–Trinajstić information content (AvgIpc) is 2.77. The Labute approximate surface area is 117 Å². The summed E-state index contributed by atoms with van der Waals surface area (Å²) in [5.41, 5.74) is 1.37. The molecule has 2 atom stereocenters. The molecule has 0 amide bonds.